The van der Waals surface area contributed by atoms with E-state index in [4.69, 9.17) is 4.74 Å². The Hall–Kier alpha value is -2.50. The molecule has 6 heteroatoms. The van der Waals surface area contributed by atoms with Gasteiger partial charge in [-0.1, -0.05) is 0 Å². The average molecular weight is 289 g/mol. The molecule has 1 amide bonds. The van der Waals surface area contributed by atoms with E-state index in [9.17, 15) is 9.59 Å². The summed E-state index contributed by atoms with van der Waals surface area (Å²) >= 11 is 0. The van der Waals surface area contributed by atoms with E-state index in [2.05, 4.69) is 10.3 Å². The molecular formula is C15H19N3O3. The topological polar surface area (TPSA) is 76.1 Å². The third-order valence-electron chi connectivity index (χ3n) is 3.41. The van der Waals surface area contributed by atoms with Gasteiger partial charge >= 0.3 is 5.97 Å². The first-order valence-corrected chi connectivity index (χ1v) is 6.74. The van der Waals surface area contributed by atoms with Gasteiger partial charge in [0.15, 0.2) is 0 Å². The number of aromatic nitrogens is 2. The Labute approximate surface area is 123 Å². The highest BCUT2D eigenvalue weighted by Crippen LogP contribution is 2.21. The smallest absolute Gasteiger partial charge is 0.342 e. The van der Waals surface area contributed by atoms with E-state index in [-0.39, 0.29) is 12.5 Å². The van der Waals surface area contributed by atoms with Gasteiger partial charge in [-0.3, -0.25) is 4.79 Å². The van der Waals surface area contributed by atoms with Crippen LogP contribution in [-0.4, -0.2) is 28.0 Å². The number of rotatable bonds is 4. The van der Waals surface area contributed by atoms with Crippen LogP contribution in [0.1, 0.15) is 39.2 Å². The summed E-state index contributed by atoms with van der Waals surface area (Å²) in [6.07, 6.45) is 1.59. The van der Waals surface area contributed by atoms with Gasteiger partial charge in [0.2, 0.25) is 0 Å². The van der Waals surface area contributed by atoms with Crippen LogP contribution < -0.4 is 5.32 Å². The second-order valence-corrected chi connectivity index (χ2v) is 4.80. The molecule has 0 saturated carbocycles. The molecule has 0 unspecified atom stereocenters. The van der Waals surface area contributed by atoms with Crippen molar-refractivity contribution in [1.82, 2.24) is 9.55 Å². The molecule has 2 aromatic rings. The normalized spacial score (nSPS) is 10.5. The predicted molar refractivity (Wildman–Crippen MR) is 79.6 cm³/mol. The lowest BCUT2D eigenvalue weighted by molar-refractivity contribution is 0.0527. The van der Waals surface area contributed by atoms with Crippen molar-refractivity contribution in [2.75, 3.05) is 11.9 Å². The minimum atomic E-state index is -0.449. The van der Waals surface area contributed by atoms with Crippen LogP contribution in [0.3, 0.4) is 0 Å². The Kier molecular flexibility index (Phi) is 4.16. The number of amides is 1. The Bertz CT molecular complexity index is 682. The summed E-state index contributed by atoms with van der Waals surface area (Å²) in [6, 6.07) is 3.61. The van der Waals surface area contributed by atoms with Gasteiger partial charge in [-0.25, -0.2) is 4.79 Å². The standard InChI is InChI=1S/C15H19N3O3/c1-5-21-15(20)13-10(3)16-8-11(13)17-14(19)12-7-6-9(2)18(12)4/h6-8,16H,5H2,1-4H3,(H,17,19). The molecule has 0 radical (unpaired) electrons. The number of nitrogens with zero attached hydrogens (tertiary/aromatic N) is 1. The maximum Gasteiger partial charge on any atom is 0.342 e. The van der Waals surface area contributed by atoms with Gasteiger partial charge in [-0.15, -0.1) is 0 Å². The second kappa shape index (κ2) is 5.87. The molecule has 0 spiro atoms. The summed E-state index contributed by atoms with van der Waals surface area (Å²) in [5.74, 6) is -0.718. The van der Waals surface area contributed by atoms with Gasteiger partial charge in [-0.2, -0.15) is 0 Å². The molecule has 112 valence electrons. The molecule has 2 aromatic heterocycles. The fraction of sp³-hybridized carbons (Fsp3) is 0.333. The molecule has 0 aliphatic heterocycles. The van der Waals surface area contributed by atoms with Crippen LogP contribution in [0.15, 0.2) is 18.3 Å². The fourth-order valence-corrected chi connectivity index (χ4v) is 2.12. The molecule has 0 bridgehead atoms. The number of esters is 1. The first-order valence-electron chi connectivity index (χ1n) is 6.74. The average Bonchev–Trinajstić information content (AvgIpc) is 2.95. The molecule has 2 heterocycles. The quantitative estimate of drug-likeness (QED) is 0.849. The highest BCUT2D eigenvalue weighted by Gasteiger charge is 2.20. The van der Waals surface area contributed by atoms with Crippen LogP contribution in [-0.2, 0) is 11.8 Å². The van der Waals surface area contributed by atoms with Gasteiger partial charge < -0.3 is 19.6 Å². The van der Waals surface area contributed by atoms with Crippen molar-refractivity contribution >= 4 is 17.6 Å². The Morgan fingerprint density at radius 3 is 2.62 bits per heavy atom. The van der Waals surface area contributed by atoms with E-state index in [1.165, 1.54) is 0 Å². The number of hydrogen-bond donors (Lipinski definition) is 2. The zero-order valence-corrected chi connectivity index (χ0v) is 12.6. The van der Waals surface area contributed by atoms with Crippen molar-refractivity contribution in [3.8, 4) is 0 Å². The van der Waals surface area contributed by atoms with Crippen molar-refractivity contribution in [2.45, 2.75) is 20.8 Å². The first-order chi connectivity index (χ1) is 9.95. The molecule has 2 N–H and O–H groups in total. The van der Waals surface area contributed by atoms with E-state index >= 15 is 0 Å². The Morgan fingerprint density at radius 2 is 2.05 bits per heavy atom. The summed E-state index contributed by atoms with van der Waals surface area (Å²) < 4.78 is 6.80. The molecule has 0 saturated heterocycles. The maximum atomic E-state index is 12.3. The number of ether oxygens (including phenoxy) is 1. The van der Waals surface area contributed by atoms with Gasteiger partial charge in [0.05, 0.1) is 12.3 Å². The summed E-state index contributed by atoms with van der Waals surface area (Å²) in [4.78, 5) is 27.2. The van der Waals surface area contributed by atoms with Gasteiger partial charge in [-0.05, 0) is 32.9 Å². The summed E-state index contributed by atoms with van der Waals surface area (Å²) in [6.45, 7) is 5.70. The number of anilines is 1. The lowest BCUT2D eigenvalue weighted by Gasteiger charge is -2.08. The molecule has 0 aliphatic carbocycles. The van der Waals surface area contributed by atoms with Crippen LogP contribution in [0.25, 0.3) is 0 Å². The van der Waals surface area contributed by atoms with E-state index in [0.717, 1.165) is 5.69 Å². The highest BCUT2D eigenvalue weighted by molar-refractivity contribution is 6.07. The number of carbonyl (C=O) groups is 2. The highest BCUT2D eigenvalue weighted by atomic mass is 16.5. The predicted octanol–water partition coefficient (Wildman–Crippen LogP) is 2.40. The molecule has 0 aliphatic rings. The molecule has 21 heavy (non-hydrogen) atoms. The molecule has 2 rings (SSSR count). The third-order valence-corrected chi connectivity index (χ3v) is 3.41. The summed E-state index contributed by atoms with van der Waals surface area (Å²) in [5, 5.41) is 2.75. The number of H-pyrrole nitrogens is 1. The molecule has 0 atom stereocenters. The first kappa shape index (κ1) is 14.9. The third kappa shape index (κ3) is 2.84. The lowest BCUT2D eigenvalue weighted by atomic mass is 10.2. The van der Waals surface area contributed by atoms with E-state index in [1.807, 2.05) is 20.0 Å². The minimum absolute atomic E-state index is 0.268. The van der Waals surface area contributed by atoms with E-state index in [0.29, 0.717) is 22.6 Å². The Balaban J connectivity index is 2.26. The lowest BCUT2D eigenvalue weighted by Crippen LogP contribution is -2.18. The SMILES string of the molecule is CCOC(=O)c1c(NC(=O)c2ccc(C)n2C)c[nH]c1C. The van der Waals surface area contributed by atoms with Crippen LogP contribution in [0.4, 0.5) is 5.69 Å². The number of hydrogen-bond acceptors (Lipinski definition) is 3. The minimum Gasteiger partial charge on any atom is -0.462 e. The van der Waals surface area contributed by atoms with Crippen LogP contribution in [0, 0.1) is 13.8 Å². The molecular weight excluding hydrogens is 270 g/mol. The fourth-order valence-electron chi connectivity index (χ4n) is 2.12. The second-order valence-electron chi connectivity index (χ2n) is 4.80. The number of aromatic amines is 1. The molecule has 6 nitrogen and oxygen atoms in total. The number of aryl methyl sites for hydroxylation is 2. The molecule has 0 aromatic carbocycles. The van der Waals surface area contributed by atoms with Crippen molar-refractivity contribution in [3.05, 3.63) is 41.0 Å². The number of nitrogens with one attached hydrogen (secondary N) is 2. The zero-order valence-electron chi connectivity index (χ0n) is 12.6. The summed E-state index contributed by atoms with van der Waals surface area (Å²) in [5.41, 5.74) is 2.95. The largest absolute Gasteiger partial charge is 0.462 e. The van der Waals surface area contributed by atoms with Crippen molar-refractivity contribution in [1.29, 1.82) is 0 Å². The summed E-state index contributed by atoms with van der Waals surface area (Å²) in [7, 11) is 1.82. The number of carbonyl (C=O) groups excluding carboxylic acids is 2. The van der Waals surface area contributed by atoms with Crippen molar-refractivity contribution < 1.29 is 14.3 Å². The van der Waals surface area contributed by atoms with Gasteiger partial charge in [0.25, 0.3) is 5.91 Å². The van der Waals surface area contributed by atoms with Crippen molar-refractivity contribution in [3.63, 3.8) is 0 Å². The van der Waals surface area contributed by atoms with Crippen LogP contribution in [0.5, 0.6) is 0 Å². The van der Waals surface area contributed by atoms with E-state index in [1.54, 1.807) is 30.7 Å². The Morgan fingerprint density at radius 1 is 1.33 bits per heavy atom. The zero-order chi connectivity index (χ0) is 15.6. The van der Waals surface area contributed by atoms with Crippen LogP contribution >= 0.6 is 0 Å². The van der Waals surface area contributed by atoms with Crippen LogP contribution in [0.2, 0.25) is 0 Å². The molecule has 0 fully saturated rings. The van der Waals surface area contributed by atoms with E-state index < -0.39 is 5.97 Å². The van der Waals surface area contributed by atoms with Crippen molar-refractivity contribution in [2.24, 2.45) is 7.05 Å². The maximum absolute atomic E-state index is 12.3. The van der Waals surface area contributed by atoms with Gasteiger partial charge in [0, 0.05) is 24.6 Å². The van der Waals surface area contributed by atoms with Gasteiger partial charge in [0.1, 0.15) is 11.3 Å². The monoisotopic (exact) mass is 289 g/mol.